The number of nitrogens with one attached hydrogen (secondary N) is 1. The van der Waals surface area contributed by atoms with Gasteiger partial charge in [-0.25, -0.2) is 0 Å². The SMILES string of the molecule is N#CCCNC(=S)C/C(C=O)=C/c1cc2c3c(c1)CCCN3CCC2. The summed E-state index contributed by atoms with van der Waals surface area (Å²) >= 11 is 5.27. The fourth-order valence-electron chi connectivity index (χ4n) is 3.76. The molecule has 1 aromatic rings. The van der Waals surface area contributed by atoms with Gasteiger partial charge >= 0.3 is 0 Å². The van der Waals surface area contributed by atoms with Gasteiger partial charge in [-0.1, -0.05) is 12.2 Å². The zero-order valence-electron chi connectivity index (χ0n) is 14.4. The van der Waals surface area contributed by atoms with Crippen LogP contribution in [0.5, 0.6) is 0 Å². The lowest BCUT2D eigenvalue weighted by Gasteiger charge is -2.37. The van der Waals surface area contributed by atoms with Crippen LogP contribution in [-0.4, -0.2) is 30.9 Å². The van der Waals surface area contributed by atoms with E-state index in [2.05, 4.69) is 28.4 Å². The number of nitrogens with zero attached hydrogens (tertiary/aromatic N) is 2. The van der Waals surface area contributed by atoms with E-state index < -0.39 is 0 Å². The fourth-order valence-corrected chi connectivity index (χ4v) is 4.03. The van der Waals surface area contributed by atoms with Gasteiger partial charge in [-0.05, 0) is 66.2 Å². The molecule has 5 heteroatoms. The van der Waals surface area contributed by atoms with E-state index in [9.17, 15) is 4.79 Å². The van der Waals surface area contributed by atoms with Crippen LogP contribution in [0.3, 0.4) is 0 Å². The van der Waals surface area contributed by atoms with Crippen LogP contribution in [0.25, 0.3) is 6.08 Å². The summed E-state index contributed by atoms with van der Waals surface area (Å²) in [4.78, 5) is 14.6. The van der Waals surface area contributed by atoms with Crippen molar-refractivity contribution in [1.82, 2.24) is 5.32 Å². The van der Waals surface area contributed by atoms with Crippen molar-refractivity contribution in [2.75, 3.05) is 24.5 Å². The topological polar surface area (TPSA) is 56.1 Å². The number of hydrogen-bond acceptors (Lipinski definition) is 4. The number of aryl methyl sites for hydroxylation is 2. The Kier molecular flexibility index (Phi) is 5.83. The van der Waals surface area contributed by atoms with E-state index in [4.69, 9.17) is 17.5 Å². The quantitative estimate of drug-likeness (QED) is 0.368. The zero-order valence-corrected chi connectivity index (χ0v) is 15.2. The van der Waals surface area contributed by atoms with Crippen LogP contribution in [0, 0.1) is 11.3 Å². The molecule has 0 radical (unpaired) electrons. The van der Waals surface area contributed by atoms with Crippen molar-refractivity contribution in [2.45, 2.75) is 38.5 Å². The molecule has 0 aliphatic carbocycles. The highest BCUT2D eigenvalue weighted by Gasteiger charge is 2.23. The van der Waals surface area contributed by atoms with Gasteiger partial charge in [-0.3, -0.25) is 4.79 Å². The summed E-state index contributed by atoms with van der Waals surface area (Å²) in [6, 6.07) is 6.53. The number of benzene rings is 1. The minimum Gasteiger partial charge on any atom is -0.378 e. The predicted octanol–water partition coefficient (Wildman–Crippen LogP) is 3.19. The highest BCUT2D eigenvalue weighted by atomic mass is 32.1. The number of anilines is 1. The molecule has 2 aliphatic heterocycles. The molecule has 25 heavy (non-hydrogen) atoms. The van der Waals surface area contributed by atoms with E-state index in [1.165, 1.54) is 29.7 Å². The third-order valence-corrected chi connectivity index (χ3v) is 5.07. The van der Waals surface area contributed by atoms with E-state index >= 15 is 0 Å². The van der Waals surface area contributed by atoms with Crippen LogP contribution in [0.1, 0.15) is 42.4 Å². The fraction of sp³-hybridized carbons (Fsp3) is 0.450. The van der Waals surface area contributed by atoms with Gasteiger partial charge in [0.25, 0.3) is 0 Å². The third kappa shape index (κ3) is 4.26. The van der Waals surface area contributed by atoms with Crippen molar-refractivity contribution in [3.8, 4) is 6.07 Å². The summed E-state index contributed by atoms with van der Waals surface area (Å²) < 4.78 is 0. The summed E-state index contributed by atoms with van der Waals surface area (Å²) in [7, 11) is 0. The van der Waals surface area contributed by atoms with Gasteiger partial charge < -0.3 is 10.2 Å². The summed E-state index contributed by atoms with van der Waals surface area (Å²) in [6.45, 7) is 2.86. The second-order valence-corrected chi connectivity index (χ2v) is 7.15. The minimum atomic E-state index is 0.408. The second-order valence-electron chi connectivity index (χ2n) is 6.65. The first-order valence-electron chi connectivity index (χ1n) is 8.91. The minimum absolute atomic E-state index is 0.408. The average Bonchev–Trinajstić information content (AvgIpc) is 2.62. The Morgan fingerprint density at radius 3 is 2.56 bits per heavy atom. The van der Waals surface area contributed by atoms with E-state index in [-0.39, 0.29) is 0 Å². The first kappa shape index (κ1) is 17.6. The lowest BCUT2D eigenvalue weighted by molar-refractivity contribution is -0.104. The van der Waals surface area contributed by atoms with Crippen LogP contribution >= 0.6 is 12.2 Å². The highest BCUT2D eigenvalue weighted by Crippen LogP contribution is 2.36. The van der Waals surface area contributed by atoms with Gasteiger partial charge in [0.2, 0.25) is 0 Å². The smallest absolute Gasteiger partial charge is 0.146 e. The summed E-state index contributed by atoms with van der Waals surface area (Å²) in [6.07, 6.45) is 8.30. The molecule has 130 valence electrons. The van der Waals surface area contributed by atoms with Gasteiger partial charge in [-0.2, -0.15) is 5.26 Å². The molecule has 0 amide bonds. The maximum Gasteiger partial charge on any atom is 0.146 e. The normalized spacial score (nSPS) is 16.0. The van der Waals surface area contributed by atoms with Gasteiger partial charge in [0, 0.05) is 31.7 Å². The van der Waals surface area contributed by atoms with Crippen molar-refractivity contribution in [3.05, 3.63) is 34.4 Å². The van der Waals surface area contributed by atoms with Crippen LogP contribution < -0.4 is 10.2 Å². The monoisotopic (exact) mass is 353 g/mol. The molecule has 3 rings (SSSR count). The Bertz CT molecular complexity index is 717. The number of hydrogen-bond donors (Lipinski definition) is 1. The number of rotatable bonds is 6. The molecule has 4 nitrogen and oxygen atoms in total. The molecule has 0 spiro atoms. The molecule has 0 bridgehead atoms. The van der Waals surface area contributed by atoms with Gasteiger partial charge in [0.05, 0.1) is 17.5 Å². The van der Waals surface area contributed by atoms with Crippen LogP contribution in [0.15, 0.2) is 17.7 Å². The molecule has 0 saturated heterocycles. The molecular weight excluding hydrogens is 330 g/mol. The van der Waals surface area contributed by atoms with Gasteiger partial charge in [0.15, 0.2) is 0 Å². The maximum atomic E-state index is 11.5. The largest absolute Gasteiger partial charge is 0.378 e. The van der Waals surface area contributed by atoms with Crippen LogP contribution in [-0.2, 0) is 17.6 Å². The Hall–Kier alpha value is -2.19. The standard InChI is InChI=1S/C20H23N3OS/c21-6-3-7-22-19(25)13-16(14-24)10-15-11-17-4-1-8-23-9-2-5-18(12-15)20(17)23/h10-12,14H,1-5,7-9,13H2,(H,22,25)/b16-10-. The van der Waals surface area contributed by atoms with Gasteiger partial charge in [-0.15, -0.1) is 0 Å². The summed E-state index contributed by atoms with van der Waals surface area (Å²) in [5.41, 5.74) is 6.03. The molecule has 0 atom stereocenters. The highest BCUT2D eigenvalue weighted by molar-refractivity contribution is 7.80. The average molecular weight is 353 g/mol. The van der Waals surface area contributed by atoms with Gasteiger partial charge in [0.1, 0.15) is 6.29 Å². The van der Waals surface area contributed by atoms with Crippen molar-refractivity contribution in [1.29, 1.82) is 5.26 Å². The lowest BCUT2D eigenvalue weighted by Crippen LogP contribution is -2.34. The number of nitriles is 1. The van der Waals surface area contributed by atoms with E-state index in [1.54, 1.807) is 0 Å². The predicted molar refractivity (Wildman–Crippen MR) is 105 cm³/mol. The van der Waals surface area contributed by atoms with E-state index in [0.29, 0.717) is 29.9 Å². The molecule has 0 aromatic heterocycles. The number of carbonyl (C=O) groups is 1. The van der Waals surface area contributed by atoms with Crippen molar-refractivity contribution in [3.63, 3.8) is 0 Å². The molecule has 1 N–H and O–H groups in total. The Morgan fingerprint density at radius 1 is 1.28 bits per heavy atom. The van der Waals surface area contributed by atoms with E-state index in [0.717, 1.165) is 37.8 Å². The second kappa shape index (κ2) is 8.26. The first-order valence-corrected chi connectivity index (χ1v) is 9.32. The molecule has 0 saturated carbocycles. The Morgan fingerprint density at radius 2 is 1.96 bits per heavy atom. The van der Waals surface area contributed by atoms with Crippen LogP contribution in [0.4, 0.5) is 5.69 Å². The zero-order chi connectivity index (χ0) is 17.6. The molecular formula is C20H23N3OS. The molecule has 2 heterocycles. The summed E-state index contributed by atoms with van der Waals surface area (Å²) in [5.74, 6) is 0. The molecule has 0 unspecified atom stereocenters. The lowest BCUT2D eigenvalue weighted by atomic mass is 9.89. The van der Waals surface area contributed by atoms with E-state index in [1.807, 2.05) is 6.08 Å². The van der Waals surface area contributed by atoms with Crippen molar-refractivity contribution in [2.24, 2.45) is 0 Å². The number of carbonyl (C=O) groups excluding carboxylic acids is 1. The number of thiocarbonyl (C=S) groups is 1. The Balaban J connectivity index is 1.78. The molecule has 1 aromatic carbocycles. The Labute approximate surface area is 154 Å². The molecule has 0 fully saturated rings. The maximum absolute atomic E-state index is 11.5. The van der Waals surface area contributed by atoms with Crippen molar-refractivity contribution < 1.29 is 4.79 Å². The first-order chi connectivity index (χ1) is 12.2. The molecule has 2 aliphatic rings. The third-order valence-electron chi connectivity index (χ3n) is 4.78. The summed E-state index contributed by atoms with van der Waals surface area (Å²) in [5, 5.41) is 11.6. The van der Waals surface area contributed by atoms with Crippen molar-refractivity contribution >= 4 is 35.3 Å². The number of aldehydes is 1. The van der Waals surface area contributed by atoms with Crippen LogP contribution in [0.2, 0.25) is 0 Å².